The molecule has 3 aliphatic carbocycles. The van der Waals surface area contributed by atoms with Crippen molar-refractivity contribution in [3.63, 3.8) is 0 Å². The first-order valence-corrected chi connectivity index (χ1v) is 14.0. The third-order valence-corrected chi connectivity index (χ3v) is 9.58. The Hall–Kier alpha value is -2.12. The minimum atomic E-state index is -0.895. The van der Waals surface area contributed by atoms with Gasteiger partial charge in [0.15, 0.2) is 0 Å². The van der Waals surface area contributed by atoms with Crippen molar-refractivity contribution in [2.24, 2.45) is 40.9 Å². The molecule has 208 valence electrons. The van der Waals surface area contributed by atoms with Gasteiger partial charge in [0.25, 0.3) is 0 Å². The summed E-state index contributed by atoms with van der Waals surface area (Å²) in [4.78, 5) is 50.2. The van der Waals surface area contributed by atoms with E-state index in [0.717, 1.165) is 25.7 Å². The zero-order chi connectivity index (χ0) is 27.3. The third kappa shape index (κ3) is 5.53. The average Bonchev–Trinajstić information content (AvgIpc) is 3.43. The summed E-state index contributed by atoms with van der Waals surface area (Å²) < 4.78 is 23.1. The van der Waals surface area contributed by atoms with Gasteiger partial charge in [0.05, 0.1) is 17.3 Å². The average molecular weight is 521 g/mol. The second-order valence-electron chi connectivity index (χ2n) is 13.1. The smallest absolute Gasteiger partial charge is 0.312 e. The largest absolute Gasteiger partial charge is 0.462 e. The second kappa shape index (κ2) is 10.2. The van der Waals surface area contributed by atoms with Gasteiger partial charge in [-0.1, -0.05) is 13.8 Å². The number of hydrogen-bond donors (Lipinski definition) is 0. The van der Waals surface area contributed by atoms with Gasteiger partial charge in [-0.3, -0.25) is 19.2 Å². The fraction of sp³-hybridized carbons (Fsp3) is 0.862. The molecular formula is C29H44O8. The Balaban J connectivity index is 1.34. The summed E-state index contributed by atoms with van der Waals surface area (Å²) in [6.07, 6.45) is 4.04. The molecule has 37 heavy (non-hydrogen) atoms. The molecule has 1 aliphatic heterocycles. The number of hydrogen-bond acceptors (Lipinski definition) is 8. The van der Waals surface area contributed by atoms with Crippen molar-refractivity contribution in [2.75, 3.05) is 0 Å². The fourth-order valence-corrected chi connectivity index (χ4v) is 7.14. The third-order valence-electron chi connectivity index (χ3n) is 9.58. The number of carbonyl (C=O) groups excluding carboxylic acids is 4. The van der Waals surface area contributed by atoms with Crippen LogP contribution in [0.2, 0.25) is 0 Å². The molecule has 2 bridgehead atoms. The van der Waals surface area contributed by atoms with Crippen LogP contribution < -0.4 is 0 Å². The van der Waals surface area contributed by atoms with E-state index < -0.39 is 16.9 Å². The molecule has 9 atom stereocenters. The van der Waals surface area contributed by atoms with E-state index in [0.29, 0.717) is 19.3 Å². The Kier molecular flexibility index (Phi) is 7.70. The quantitative estimate of drug-likeness (QED) is 0.321. The van der Waals surface area contributed by atoms with Crippen LogP contribution in [0, 0.1) is 40.9 Å². The number of ether oxygens (including phenoxy) is 4. The molecule has 0 radical (unpaired) electrons. The lowest BCUT2D eigenvalue weighted by atomic mass is 9.73. The van der Waals surface area contributed by atoms with Crippen LogP contribution in [0.1, 0.15) is 93.4 Å². The maximum absolute atomic E-state index is 13.4. The monoisotopic (exact) mass is 520 g/mol. The summed E-state index contributed by atoms with van der Waals surface area (Å²) >= 11 is 0. The van der Waals surface area contributed by atoms with Crippen LogP contribution in [0.3, 0.4) is 0 Å². The Labute approximate surface area is 220 Å². The van der Waals surface area contributed by atoms with E-state index >= 15 is 0 Å². The van der Waals surface area contributed by atoms with E-state index in [1.807, 2.05) is 34.6 Å². The first-order chi connectivity index (χ1) is 17.2. The van der Waals surface area contributed by atoms with Crippen molar-refractivity contribution in [1.29, 1.82) is 0 Å². The zero-order valence-corrected chi connectivity index (χ0v) is 23.4. The molecule has 1 heterocycles. The first kappa shape index (κ1) is 27.9. The van der Waals surface area contributed by atoms with Crippen molar-refractivity contribution in [3.05, 3.63) is 0 Å². The lowest BCUT2D eigenvalue weighted by molar-refractivity contribution is -0.181. The second-order valence-corrected chi connectivity index (χ2v) is 13.1. The van der Waals surface area contributed by atoms with Crippen molar-refractivity contribution < 1.29 is 38.1 Å². The molecule has 0 aromatic heterocycles. The Bertz CT molecular complexity index is 923. The zero-order valence-electron chi connectivity index (χ0n) is 23.4. The predicted octanol–water partition coefficient (Wildman–Crippen LogP) is 4.61. The highest BCUT2D eigenvalue weighted by molar-refractivity contribution is 5.79. The van der Waals surface area contributed by atoms with Gasteiger partial charge in [0, 0.05) is 24.7 Å². The molecule has 0 aromatic carbocycles. The predicted molar refractivity (Wildman–Crippen MR) is 134 cm³/mol. The van der Waals surface area contributed by atoms with Crippen LogP contribution in [0.5, 0.6) is 0 Å². The number of fused-ring (bicyclic) bond motifs is 1. The standard InChI is InChI=1S/C29H44O8/c1-8-17(25(31)35-23-18-11-20-21(12-18)26(32)36-24(20)23)14-28(4,5)27(33)37-29(6,7)19-10-9-15(2)22(13-19)34-16(3)30/h15,17-24H,8-14H2,1-7H3. The van der Waals surface area contributed by atoms with Crippen LogP contribution in [-0.2, 0) is 38.1 Å². The molecule has 3 saturated carbocycles. The maximum atomic E-state index is 13.4. The summed E-state index contributed by atoms with van der Waals surface area (Å²) in [7, 11) is 0. The highest BCUT2D eigenvalue weighted by atomic mass is 16.6. The molecule has 8 nitrogen and oxygen atoms in total. The molecule has 0 spiro atoms. The van der Waals surface area contributed by atoms with E-state index in [-0.39, 0.29) is 71.8 Å². The lowest BCUT2D eigenvalue weighted by Crippen LogP contribution is -2.46. The van der Waals surface area contributed by atoms with Crippen LogP contribution in [0.25, 0.3) is 0 Å². The van der Waals surface area contributed by atoms with Crippen LogP contribution >= 0.6 is 0 Å². The van der Waals surface area contributed by atoms with E-state index in [1.165, 1.54) is 6.92 Å². The molecule has 4 fully saturated rings. The number of rotatable bonds is 9. The molecule has 1 saturated heterocycles. The minimum Gasteiger partial charge on any atom is -0.462 e. The van der Waals surface area contributed by atoms with Gasteiger partial charge in [-0.25, -0.2) is 0 Å². The summed E-state index contributed by atoms with van der Waals surface area (Å²) in [5.74, 6) is -0.911. The molecule has 9 unspecified atom stereocenters. The molecule has 4 aliphatic rings. The topological polar surface area (TPSA) is 105 Å². The minimum absolute atomic E-state index is 0.0272. The SMILES string of the molecule is CCC(CC(C)(C)C(=O)OC(C)(C)C1CCC(C)C(OC(C)=O)C1)C(=O)OC1C2CC3C(=O)OC1C3C2. The van der Waals surface area contributed by atoms with Gasteiger partial charge in [0.2, 0.25) is 0 Å². The Morgan fingerprint density at radius 1 is 1.05 bits per heavy atom. The van der Waals surface area contributed by atoms with Crippen molar-refractivity contribution >= 4 is 23.9 Å². The highest BCUT2D eigenvalue weighted by Crippen LogP contribution is 2.55. The van der Waals surface area contributed by atoms with Crippen LogP contribution in [0.4, 0.5) is 0 Å². The Morgan fingerprint density at radius 2 is 1.76 bits per heavy atom. The molecule has 0 amide bonds. The van der Waals surface area contributed by atoms with Gasteiger partial charge in [-0.15, -0.1) is 0 Å². The fourth-order valence-electron chi connectivity index (χ4n) is 7.14. The van der Waals surface area contributed by atoms with Gasteiger partial charge in [0.1, 0.15) is 23.9 Å². The van der Waals surface area contributed by atoms with E-state index in [1.54, 1.807) is 0 Å². The van der Waals surface area contributed by atoms with Crippen molar-refractivity contribution in [2.45, 2.75) is 117 Å². The molecule has 0 aromatic rings. The summed E-state index contributed by atoms with van der Waals surface area (Å²) in [5, 5.41) is 0. The molecule has 4 rings (SSSR count). The van der Waals surface area contributed by atoms with E-state index in [2.05, 4.69) is 6.92 Å². The highest BCUT2D eigenvalue weighted by Gasteiger charge is 2.63. The normalized spacial score (nSPS) is 35.6. The molecule has 0 N–H and O–H groups in total. The van der Waals surface area contributed by atoms with E-state index in [9.17, 15) is 19.2 Å². The van der Waals surface area contributed by atoms with Gasteiger partial charge >= 0.3 is 23.9 Å². The first-order valence-electron chi connectivity index (χ1n) is 14.0. The number of carbonyl (C=O) groups is 4. The van der Waals surface area contributed by atoms with Gasteiger partial charge in [-0.05, 0) is 78.6 Å². The van der Waals surface area contributed by atoms with E-state index in [4.69, 9.17) is 18.9 Å². The summed E-state index contributed by atoms with van der Waals surface area (Å²) in [6, 6.07) is 0. The Morgan fingerprint density at radius 3 is 2.41 bits per heavy atom. The van der Waals surface area contributed by atoms with Crippen molar-refractivity contribution in [3.8, 4) is 0 Å². The van der Waals surface area contributed by atoms with Crippen LogP contribution in [-0.4, -0.2) is 47.8 Å². The number of esters is 4. The lowest BCUT2D eigenvalue weighted by Gasteiger charge is -2.42. The van der Waals surface area contributed by atoms with Gasteiger partial charge in [-0.2, -0.15) is 0 Å². The maximum Gasteiger partial charge on any atom is 0.312 e. The molecule has 8 heteroatoms. The summed E-state index contributed by atoms with van der Waals surface area (Å²) in [6.45, 7) is 12.9. The van der Waals surface area contributed by atoms with Gasteiger partial charge < -0.3 is 18.9 Å². The van der Waals surface area contributed by atoms with Crippen LogP contribution in [0.15, 0.2) is 0 Å². The molecular weight excluding hydrogens is 476 g/mol. The van der Waals surface area contributed by atoms with Crippen molar-refractivity contribution in [1.82, 2.24) is 0 Å². The summed E-state index contributed by atoms with van der Waals surface area (Å²) in [5.41, 5.74) is -1.63.